The van der Waals surface area contributed by atoms with E-state index in [9.17, 15) is 14.4 Å². The van der Waals surface area contributed by atoms with Crippen LogP contribution in [0.2, 0.25) is 0 Å². The third-order valence-corrected chi connectivity index (χ3v) is 5.42. The van der Waals surface area contributed by atoms with E-state index in [1.165, 1.54) is 4.90 Å². The molecule has 24 heavy (non-hydrogen) atoms. The fourth-order valence-electron chi connectivity index (χ4n) is 2.99. The van der Waals surface area contributed by atoms with Gasteiger partial charge < -0.3 is 10.6 Å². The number of benzene rings is 1. The van der Waals surface area contributed by atoms with Gasteiger partial charge in [0.25, 0.3) is 5.91 Å². The molecule has 2 aliphatic heterocycles. The first kappa shape index (κ1) is 16.8. The van der Waals surface area contributed by atoms with Crippen molar-refractivity contribution in [2.45, 2.75) is 43.2 Å². The molecular formula is C17H21N3O3S. The molecule has 0 spiro atoms. The summed E-state index contributed by atoms with van der Waals surface area (Å²) in [5, 5.41) is 5.64. The van der Waals surface area contributed by atoms with E-state index >= 15 is 0 Å². The van der Waals surface area contributed by atoms with Crippen molar-refractivity contribution in [1.82, 2.24) is 15.5 Å². The predicted molar refractivity (Wildman–Crippen MR) is 91.6 cm³/mol. The van der Waals surface area contributed by atoms with E-state index < -0.39 is 11.6 Å². The van der Waals surface area contributed by atoms with Crippen LogP contribution in [-0.2, 0) is 9.59 Å². The molecule has 128 valence electrons. The summed E-state index contributed by atoms with van der Waals surface area (Å²) in [6, 6.07) is 7.63. The largest absolute Gasteiger partial charge is 0.349 e. The van der Waals surface area contributed by atoms with Crippen LogP contribution in [-0.4, -0.2) is 40.6 Å². The average Bonchev–Trinajstić information content (AvgIpc) is 2.74. The first-order chi connectivity index (χ1) is 11.4. The van der Waals surface area contributed by atoms with Crippen LogP contribution >= 0.6 is 11.8 Å². The Bertz CT molecular complexity index is 689. The van der Waals surface area contributed by atoms with Crippen LogP contribution < -0.4 is 10.6 Å². The molecule has 0 aromatic heterocycles. The zero-order valence-electron chi connectivity index (χ0n) is 13.8. The first-order valence-electron chi connectivity index (χ1n) is 8.04. The van der Waals surface area contributed by atoms with Gasteiger partial charge in [-0.3, -0.25) is 14.5 Å². The molecule has 2 aliphatic rings. The molecule has 0 unspecified atom stereocenters. The number of amides is 4. The lowest BCUT2D eigenvalue weighted by Gasteiger charge is -2.26. The molecule has 1 atom stereocenters. The van der Waals surface area contributed by atoms with Gasteiger partial charge in [-0.2, -0.15) is 0 Å². The van der Waals surface area contributed by atoms with Crippen LogP contribution in [0.4, 0.5) is 4.79 Å². The van der Waals surface area contributed by atoms with Crippen molar-refractivity contribution in [3.63, 3.8) is 0 Å². The van der Waals surface area contributed by atoms with Crippen LogP contribution in [0.1, 0.15) is 38.3 Å². The van der Waals surface area contributed by atoms with Crippen molar-refractivity contribution < 1.29 is 14.4 Å². The molecule has 0 aliphatic carbocycles. The van der Waals surface area contributed by atoms with Gasteiger partial charge in [-0.25, -0.2) is 4.79 Å². The number of hydrogen-bond donors (Lipinski definition) is 2. The Kier molecular flexibility index (Phi) is 4.54. The van der Waals surface area contributed by atoms with E-state index in [4.69, 9.17) is 0 Å². The number of nitrogens with zero attached hydrogens (tertiary/aromatic N) is 1. The van der Waals surface area contributed by atoms with Crippen LogP contribution in [0.25, 0.3) is 0 Å². The monoisotopic (exact) mass is 347 g/mol. The third kappa shape index (κ3) is 3.26. The van der Waals surface area contributed by atoms with Crippen molar-refractivity contribution in [2.75, 3.05) is 12.3 Å². The summed E-state index contributed by atoms with van der Waals surface area (Å²) in [7, 11) is 0. The maximum Gasteiger partial charge on any atom is 0.325 e. The summed E-state index contributed by atoms with van der Waals surface area (Å²) in [5.74, 6) is 0.523. The molecule has 0 saturated carbocycles. The number of rotatable bonds is 4. The molecule has 6 nitrogen and oxygen atoms in total. The lowest BCUT2D eigenvalue weighted by molar-refractivity contribution is -0.130. The van der Waals surface area contributed by atoms with E-state index in [1.807, 2.05) is 18.2 Å². The van der Waals surface area contributed by atoms with Crippen molar-refractivity contribution in [3.8, 4) is 0 Å². The summed E-state index contributed by atoms with van der Waals surface area (Å²) >= 11 is 1.80. The topological polar surface area (TPSA) is 78.5 Å². The Morgan fingerprint density at radius 2 is 2.12 bits per heavy atom. The standard InChI is InChI=1S/C17H21N3O3S/c1-17(2)15(22)20(16(23)19-17)9-7-14(21)18-12-8-10-24-13-6-4-3-5-11(12)13/h3-6,12H,7-10H2,1-2H3,(H,18,21)(H,19,23)/t12-/m0/s1. The number of fused-ring (bicyclic) bond motifs is 1. The minimum Gasteiger partial charge on any atom is -0.349 e. The Morgan fingerprint density at radius 1 is 1.38 bits per heavy atom. The average molecular weight is 347 g/mol. The van der Waals surface area contributed by atoms with Gasteiger partial charge in [0.1, 0.15) is 5.54 Å². The molecule has 3 rings (SSSR count). The van der Waals surface area contributed by atoms with Crippen LogP contribution in [0, 0.1) is 0 Å². The number of urea groups is 1. The second-order valence-corrected chi connectivity index (χ2v) is 7.69. The molecule has 0 radical (unpaired) electrons. The Labute approximate surface area is 145 Å². The summed E-state index contributed by atoms with van der Waals surface area (Å²) in [4.78, 5) is 38.5. The smallest absolute Gasteiger partial charge is 0.325 e. The second kappa shape index (κ2) is 6.47. The van der Waals surface area contributed by atoms with Crippen LogP contribution in [0.15, 0.2) is 29.2 Å². The molecule has 0 bridgehead atoms. The van der Waals surface area contributed by atoms with E-state index in [0.717, 1.165) is 22.6 Å². The number of carbonyl (C=O) groups excluding carboxylic acids is 3. The molecule has 2 heterocycles. The number of hydrogen-bond acceptors (Lipinski definition) is 4. The van der Waals surface area contributed by atoms with Gasteiger partial charge in [-0.1, -0.05) is 18.2 Å². The highest BCUT2D eigenvalue weighted by Gasteiger charge is 2.44. The molecular weight excluding hydrogens is 326 g/mol. The summed E-state index contributed by atoms with van der Waals surface area (Å²) in [6.45, 7) is 3.41. The minimum atomic E-state index is -0.896. The van der Waals surface area contributed by atoms with Crippen LogP contribution in [0.3, 0.4) is 0 Å². The van der Waals surface area contributed by atoms with Crippen molar-refractivity contribution >= 4 is 29.6 Å². The Hall–Kier alpha value is -2.02. The first-order valence-corrected chi connectivity index (χ1v) is 9.02. The quantitative estimate of drug-likeness (QED) is 0.817. The molecule has 2 N–H and O–H groups in total. The summed E-state index contributed by atoms with van der Waals surface area (Å²) in [6.07, 6.45) is 0.991. The van der Waals surface area contributed by atoms with Gasteiger partial charge >= 0.3 is 6.03 Å². The zero-order valence-corrected chi connectivity index (χ0v) is 14.6. The number of carbonyl (C=O) groups is 3. The molecule has 7 heteroatoms. The van der Waals surface area contributed by atoms with Gasteiger partial charge in [0, 0.05) is 23.6 Å². The highest BCUT2D eigenvalue weighted by Crippen LogP contribution is 2.35. The molecule has 1 aromatic rings. The third-order valence-electron chi connectivity index (χ3n) is 4.30. The Morgan fingerprint density at radius 3 is 2.83 bits per heavy atom. The molecule has 1 aromatic carbocycles. The van der Waals surface area contributed by atoms with Gasteiger partial charge in [0.05, 0.1) is 6.04 Å². The lowest BCUT2D eigenvalue weighted by atomic mass is 10.0. The highest BCUT2D eigenvalue weighted by atomic mass is 32.2. The SMILES string of the molecule is CC1(C)NC(=O)N(CCC(=O)N[C@H]2CCSc3ccccc32)C1=O. The summed E-state index contributed by atoms with van der Waals surface area (Å²) in [5.41, 5.74) is 0.242. The van der Waals surface area contributed by atoms with E-state index in [1.54, 1.807) is 25.6 Å². The summed E-state index contributed by atoms with van der Waals surface area (Å²) < 4.78 is 0. The molecule has 1 fully saturated rings. The number of thioether (sulfide) groups is 1. The lowest BCUT2D eigenvalue weighted by Crippen LogP contribution is -2.41. The normalized spacial score (nSPS) is 22.1. The van der Waals surface area contributed by atoms with E-state index in [-0.39, 0.29) is 30.8 Å². The van der Waals surface area contributed by atoms with E-state index in [2.05, 4.69) is 16.7 Å². The fourth-order valence-corrected chi connectivity index (χ4v) is 4.12. The number of imide groups is 1. The fraction of sp³-hybridized carbons (Fsp3) is 0.471. The Balaban J connectivity index is 1.58. The zero-order chi connectivity index (χ0) is 17.3. The predicted octanol–water partition coefficient (Wildman–Crippen LogP) is 2.06. The van der Waals surface area contributed by atoms with Crippen LogP contribution in [0.5, 0.6) is 0 Å². The second-order valence-electron chi connectivity index (χ2n) is 6.56. The van der Waals surface area contributed by atoms with Gasteiger partial charge in [-0.15, -0.1) is 11.8 Å². The van der Waals surface area contributed by atoms with Gasteiger partial charge in [0.15, 0.2) is 0 Å². The maximum atomic E-state index is 12.3. The molecule has 1 saturated heterocycles. The highest BCUT2D eigenvalue weighted by molar-refractivity contribution is 7.99. The molecule has 4 amide bonds. The minimum absolute atomic E-state index is 0.00510. The van der Waals surface area contributed by atoms with Crippen molar-refractivity contribution in [2.24, 2.45) is 0 Å². The van der Waals surface area contributed by atoms with Gasteiger partial charge in [-0.05, 0) is 31.9 Å². The van der Waals surface area contributed by atoms with Gasteiger partial charge in [0.2, 0.25) is 5.91 Å². The maximum absolute atomic E-state index is 12.3. The number of nitrogens with one attached hydrogen (secondary N) is 2. The van der Waals surface area contributed by atoms with Crippen molar-refractivity contribution in [3.05, 3.63) is 29.8 Å². The van der Waals surface area contributed by atoms with E-state index in [0.29, 0.717) is 0 Å². The van der Waals surface area contributed by atoms with Crippen molar-refractivity contribution in [1.29, 1.82) is 0 Å².